The number of anilines is 1. The number of rotatable bonds is 3. The molecule has 3 N–H and O–H groups in total. The number of amides is 2. The summed E-state index contributed by atoms with van der Waals surface area (Å²) < 4.78 is 0. The second-order valence-electron chi connectivity index (χ2n) is 5.09. The van der Waals surface area contributed by atoms with E-state index in [0.29, 0.717) is 12.6 Å². The Bertz CT molecular complexity index is 433. The number of nitrogens with zero attached hydrogens (tertiary/aromatic N) is 1. The molecule has 1 aliphatic heterocycles. The molecule has 4 nitrogen and oxygen atoms in total. The molecule has 0 spiro atoms. The highest BCUT2D eigenvalue weighted by atomic mass is 16.2. The lowest BCUT2D eigenvalue weighted by atomic mass is 10.0. The summed E-state index contributed by atoms with van der Waals surface area (Å²) >= 11 is 0. The maximum atomic E-state index is 12.3. The zero-order valence-corrected chi connectivity index (χ0v) is 11.6. The Labute approximate surface area is 115 Å². The molecular weight excluding hydrogens is 238 g/mol. The van der Waals surface area contributed by atoms with Crippen molar-refractivity contribution < 1.29 is 4.79 Å². The number of carbonyl (C=O) groups is 1. The summed E-state index contributed by atoms with van der Waals surface area (Å²) in [6, 6.07) is 8.12. The Morgan fingerprint density at radius 3 is 3.05 bits per heavy atom. The monoisotopic (exact) mass is 261 g/mol. The molecule has 1 aromatic rings. The van der Waals surface area contributed by atoms with E-state index < -0.39 is 0 Å². The van der Waals surface area contributed by atoms with Gasteiger partial charge in [-0.05, 0) is 43.4 Å². The third kappa shape index (κ3) is 3.47. The Morgan fingerprint density at radius 1 is 1.47 bits per heavy atom. The van der Waals surface area contributed by atoms with E-state index in [1.807, 2.05) is 29.2 Å². The van der Waals surface area contributed by atoms with E-state index >= 15 is 0 Å². The van der Waals surface area contributed by atoms with Crippen LogP contribution in [0.1, 0.15) is 38.2 Å². The van der Waals surface area contributed by atoms with Crippen LogP contribution in [-0.2, 0) is 6.54 Å². The van der Waals surface area contributed by atoms with Crippen LogP contribution in [0.2, 0.25) is 0 Å². The number of piperidine rings is 1. The molecule has 1 saturated heterocycles. The van der Waals surface area contributed by atoms with Gasteiger partial charge in [-0.3, -0.25) is 0 Å². The number of nitrogens with two attached hydrogens (primary N) is 1. The van der Waals surface area contributed by atoms with Crippen LogP contribution in [0, 0.1) is 0 Å². The number of nitrogens with one attached hydrogen (secondary N) is 1. The Hall–Kier alpha value is -1.55. The van der Waals surface area contributed by atoms with Crippen molar-refractivity contribution in [3.8, 4) is 0 Å². The van der Waals surface area contributed by atoms with E-state index in [0.717, 1.165) is 37.1 Å². The largest absolute Gasteiger partial charge is 0.326 e. The number of likely N-dealkylation sites (tertiary alicyclic amines) is 1. The number of carbonyl (C=O) groups excluding carboxylic acids is 1. The first-order chi connectivity index (χ1) is 9.24. The van der Waals surface area contributed by atoms with Gasteiger partial charge in [-0.1, -0.05) is 19.1 Å². The van der Waals surface area contributed by atoms with Crippen LogP contribution in [0.4, 0.5) is 10.5 Å². The molecule has 2 rings (SSSR count). The number of hydrogen-bond acceptors (Lipinski definition) is 2. The third-order valence-corrected chi connectivity index (χ3v) is 3.77. The molecular formula is C15H23N3O. The summed E-state index contributed by atoms with van der Waals surface area (Å²) in [5.41, 5.74) is 7.47. The Balaban J connectivity index is 2.02. The van der Waals surface area contributed by atoms with Gasteiger partial charge in [0.1, 0.15) is 0 Å². The van der Waals surface area contributed by atoms with Gasteiger partial charge in [0.25, 0.3) is 0 Å². The van der Waals surface area contributed by atoms with Crippen LogP contribution >= 0.6 is 0 Å². The molecule has 1 aliphatic rings. The zero-order chi connectivity index (χ0) is 13.7. The summed E-state index contributed by atoms with van der Waals surface area (Å²) in [5, 5.41) is 2.98. The minimum Gasteiger partial charge on any atom is -0.326 e. The summed E-state index contributed by atoms with van der Waals surface area (Å²) in [6.45, 7) is 3.50. The fourth-order valence-corrected chi connectivity index (χ4v) is 2.66. The summed E-state index contributed by atoms with van der Waals surface area (Å²) in [4.78, 5) is 14.3. The lowest BCUT2D eigenvalue weighted by molar-refractivity contribution is 0.160. The van der Waals surface area contributed by atoms with Crippen LogP contribution in [0.3, 0.4) is 0 Å². The predicted octanol–water partition coefficient (Wildman–Crippen LogP) is 2.94. The first kappa shape index (κ1) is 13.9. The van der Waals surface area contributed by atoms with Crippen molar-refractivity contribution in [3.05, 3.63) is 29.8 Å². The first-order valence-electron chi connectivity index (χ1n) is 7.11. The molecule has 0 aromatic heterocycles. The van der Waals surface area contributed by atoms with Gasteiger partial charge in [0, 0.05) is 24.8 Å². The maximum absolute atomic E-state index is 12.3. The molecule has 1 heterocycles. The minimum atomic E-state index is 0.0146. The normalized spacial score (nSPS) is 19.3. The SMILES string of the molecule is CCC1CCCCN1C(=O)Nc1cccc(CN)c1. The van der Waals surface area contributed by atoms with Crippen LogP contribution in [0.15, 0.2) is 24.3 Å². The van der Waals surface area contributed by atoms with Gasteiger partial charge in [-0.25, -0.2) is 4.79 Å². The van der Waals surface area contributed by atoms with E-state index in [1.165, 1.54) is 6.42 Å². The van der Waals surface area contributed by atoms with Crippen molar-refractivity contribution >= 4 is 11.7 Å². The van der Waals surface area contributed by atoms with Gasteiger partial charge in [0.15, 0.2) is 0 Å². The quantitative estimate of drug-likeness (QED) is 0.879. The lowest BCUT2D eigenvalue weighted by Crippen LogP contribution is -2.45. The van der Waals surface area contributed by atoms with Crippen molar-refractivity contribution in [1.82, 2.24) is 4.90 Å². The van der Waals surface area contributed by atoms with Gasteiger partial charge in [0.05, 0.1) is 0 Å². The first-order valence-corrected chi connectivity index (χ1v) is 7.11. The van der Waals surface area contributed by atoms with E-state index in [-0.39, 0.29) is 6.03 Å². The number of urea groups is 1. The average molecular weight is 261 g/mol. The highest BCUT2D eigenvalue weighted by Gasteiger charge is 2.25. The van der Waals surface area contributed by atoms with Gasteiger partial charge in [-0.15, -0.1) is 0 Å². The fraction of sp³-hybridized carbons (Fsp3) is 0.533. The second-order valence-corrected chi connectivity index (χ2v) is 5.09. The number of hydrogen-bond donors (Lipinski definition) is 2. The summed E-state index contributed by atoms with van der Waals surface area (Å²) in [5.74, 6) is 0. The van der Waals surface area contributed by atoms with Crippen LogP contribution in [-0.4, -0.2) is 23.5 Å². The molecule has 2 amide bonds. The second kappa shape index (κ2) is 6.57. The molecule has 104 valence electrons. The van der Waals surface area contributed by atoms with E-state index in [9.17, 15) is 4.79 Å². The molecule has 19 heavy (non-hydrogen) atoms. The third-order valence-electron chi connectivity index (χ3n) is 3.77. The molecule has 1 aromatic carbocycles. The highest BCUT2D eigenvalue weighted by molar-refractivity contribution is 5.89. The van der Waals surface area contributed by atoms with Crippen LogP contribution < -0.4 is 11.1 Å². The molecule has 0 saturated carbocycles. The fourth-order valence-electron chi connectivity index (χ4n) is 2.66. The van der Waals surface area contributed by atoms with Gasteiger partial charge >= 0.3 is 6.03 Å². The van der Waals surface area contributed by atoms with Crippen molar-refractivity contribution in [2.24, 2.45) is 5.73 Å². The van der Waals surface area contributed by atoms with Gasteiger partial charge in [0.2, 0.25) is 0 Å². The standard InChI is InChI=1S/C15H23N3O/c1-2-14-8-3-4-9-18(14)15(19)17-13-7-5-6-12(10-13)11-16/h5-7,10,14H,2-4,8-9,11,16H2,1H3,(H,17,19). The van der Waals surface area contributed by atoms with E-state index in [2.05, 4.69) is 12.2 Å². The van der Waals surface area contributed by atoms with E-state index in [1.54, 1.807) is 0 Å². The highest BCUT2D eigenvalue weighted by Crippen LogP contribution is 2.21. The predicted molar refractivity (Wildman–Crippen MR) is 78.0 cm³/mol. The molecule has 0 radical (unpaired) electrons. The van der Waals surface area contributed by atoms with Gasteiger partial charge < -0.3 is 16.0 Å². The molecule has 0 aliphatic carbocycles. The van der Waals surface area contributed by atoms with Crippen LogP contribution in [0.5, 0.6) is 0 Å². The summed E-state index contributed by atoms with van der Waals surface area (Å²) in [6.07, 6.45) is 4.47. The topological polar surface area (TPSA) is 58.4 Å². The molecule has 1 atom stereocenters. The zero-order valence-electron chi connectivity index (χ0n) is 11.6. The molecule has 1 unspecified atom stereocenters. The lowest BCUT2D eigenvalue weighted by Gasteiger charge is -2.35. The van der Waals surface area contributed by atoms with Crippen molar-refractivity contribution in [1.29, 1.82) is 0 Å². The van der Waals surface area contributed by atoms with Crippen molar-refractivity contribution in [2.75, 3.05) is 11.9 Å². The van der Waals surface area contributed by atoms with Crippen molar-refractivity contribution in [3.63, 3.8) is 0 Å². The molecule has 4 heteroatoms. The summed E-state index contributed by atoms with van der Waals surface area (Å²) in [7, 11) is 0. The average Bonchev–Trinajstić information content (AvgIpc) is 2.47. The Morgan fingerprint density at radius 2 is 2.32 bits per heavy atom. The number of benzene rings is 1. The smallest absolute Gasteiger partial charge is 0.322 e. The van der Waals surface area contributed by atoms with E-state index in [4.69, 9.17) is 5.73 Å². The maximum Gasteiger partial charge on any atom is 0.322 e. The van der Waals surface area contributed by atoms with Gasteiger partial charge in [-0.2, -0.15) is 0 Å². The molecule has 0 bridgehead atoms. The molecule has 1 fully saturated rings. The Kier molecular flexibility index (Phi) is 4.80. The van der Waals surface area contributed by atoms with Crippen LogP contribution in [0.25, 0.3) is 0 Å². The van der Waals surface area contributed by atoms with Crippen molar-refractivity contribution in [2.45, 2.75) is 45.2 Å². The minimum absolute atomic E-state index is 0.0146.